The first kappa shape index (κ1) is 70.8. The number of hydrogen-bond acceptors (Lipinski definition) is 13. The molecule has 448 valence electrons. The minimum Gasteiger partial charge on any atom is -0.394 e. The summed E-state index contributed by atoms with van der Waals surface area (Å²) >= 11 is 0. The number of nitrogens with one attached hydrogen (secondary N) is 1. The molecule has 14 nitrogen and oxygen atoms in total. The van der Waals surface area contributed by atoms with Crippen LogP contribution >= 0.6 is 0 Å². The second kappa shape index (κ2) is 48.4. The molecule has 2 heterocycles. The maximum atomic E-state index is 13.3. The summed E-state index contributed by atoms with van der Waals surface area (Å²) in [7, 11) is 0. The number of aliphatic hydroxyl groups is 8. The smallest absolute Gasteiger partial charge is 0.220 e. The van der Waals surface area contributed by atoms with Crippen molar-refractivity contribution in [2.24, 2.45) is 0 Å². The molecule has 2 aliphatic rings. The highest BCUT2D eigenvalue weighted by molar-refractivity contribution is 5.76. The number of aliphatic hydroxyl groups excluding tert-OH is 8. The third-order valence-electron chi connectivity index (χ3n) is 15.0. The van der Waals surface area contributed by atoms with Gasteiger partial charge in [-0.3, -0.25) is 4.79 Å². The van der Waals surface area contributed by atoms with Crippen LogP contribution in [0.4, 0.5) is 0 Å². The van der Waals surface area contributed by atoms with Crippen LogP contribution in [0.3, 0.4) is 0 Å². The van der Waals surface area contributed by atoms with Crippen molar-refractivity contribution < 1.29 is 64.6 Å². The van der Waals surface area contributed by atoms with E-state index in [1.165, 1.54) is 116 Å². The third-order valence-corrected chi connectivity index (χ3v) is 15.0. The minimum atomic E-state index is -1.79. The van der Waals surface area contributed by atoms with Crippen molar-refractivity contribution in [3.05, 3.63) is 60.8 Å². The molecule has 0 aromatic carbocycles. The van der Waals surface area contributed by atoms with Crippen LogP contribution in [-0.2, 0) is 23.7 Å². The summed E-state index contributed by atoms with van der Waals surface area (Å²) in [6.07, 6.45) is 45.0. The van der Waals surface area contributed by atoms with Gasteiger partial charge < -0.3 is 65.1 Å². The monoisotopic (exact) mass is 1090 g/mol. The number of allylic oxidation sites excluding steroid dienone is 10. The highest BCUT2D eigenvalue weighted by Crippen LogP contribution is 2.30. The van der Waals surface area contributed by atoms with Crippen molar-refractivity contribution in [2.75, 3.05) is 19.8 Å². The Bertz CT molecular complexity index is 1520. The number of carbonyl (C=O) groups excluding carboxylic acids is 1. The van der Waals surface area contributed by atoms with Gasteiger partial charge in [-0.25, -0.2) is 0 Å². The molecule has 0 aliphatic carbocycles. The van der Waals surface area contributed by atoms with E-state index in [1.807, 2.05) is 0 Å². The van der Waals surface area contributed by atoms with Crippen LogP contribution in [0.2, 0.25) is 0 Å². The average molecular weight is 1090 g/mol. The van der Waals surface area contributed by atoms with Crippen molar-refractivity contribution >= 4 is 5.91 Å². The molecule has 2 aliphatic heterocycles. The van der Waals surface area contributed by atoms with Crippen molar-refractivity contribution in [3.63, 3.8) is 0 Å². The molecule has 0 bridgehead atoms. The molecule has 0 saturated carbocycles. The molecule has 0 spiro atoms. The molecule has 12 atom stereocenters. The zero-order valence-electron chi connectivity index (χ0n) is 48.2. The molecule has 1 amide bonds. The van der Waals surface area contributed by atoms with Gasteiger partial charge in [0.05, 0.1) is 32.0 Å². The van der Waals surface area contributed by atoms with Gasteiger partial charge in [-0.15, -0.1) is 0 Å². The molecule has 0 aromatic heterocycles. The zero-order chi connectivity index (χ0) is 56.0. The van der Waals surface area contributed by atoms with Gasteiger partial charge in [-0.1, -0.05) is 235 Å². The van der Waals surface area contributed by atoms with Gasteiger partial charge in [0.1, 0.15) is 48.8 Å². The van der Waals surface area contributed by atoms with Gasteiger partial charge in [0, 0.05) is 6.42 Å². The molecular formula is C63H113NO13. The van der Waals surface area contributed by atoms with E-state index in [0.717, 1.165) is 89.9 Å². The summed E-state index contributed by atoms with van der Waals surface area (Å²) < 4.78 is 22.9. The van der Waals surface area contributed by atoms with Crippen LogP contribution in [0.5, 0.6) is 0 Å². The van der Waals surface area contributed by atoms with Gasteiger partial charge in [0.25, 0.3) is 0 Å². The summed E-state index contributed by atoms with van der Waals surface area (Å²) in [6.45, 7) is 2.75. The number of amides is 1. The summed E-state index contributed by atoms with van der Waals surface area (Å²) in [5, 5.41) is 87.4. The second-order valence-electron chi connectivity index (χ2n) is 21.8. The highest BCUT2D eigenvalue weighted by atomic mass is 16.7. The Labute approximate surface area is 466 Å². The van der Waals surface area contributed by atoms with E-state index in [0.29, 0.717) is 12.8 Å². The van der Waals surface area contributed by atoms with E-state index < -0.39 is 86.8 Å². The Morgan fingerprint density at radius 1 is 0.481 bits per heavy atom. The molecule has 2 saturated heterocycles. The normalized spacial score (nSPS) is 25.1. The van der Waals surface area contributed by atoms with Crippen LogP contribution in [0.25, 0.3) is 0 Å². The number of hydrogen-bond donors (Lipinski definition) is 9. The Morgan fingerprint density at radius 2 is 0.896 bits per heavy atom. The molecular weight excluding hydrogens is 979 g/mol. The standard InChI is InChI=1S/C63H113NO13/c1-3-5-7-9-11-13-15-17-19-21-23-25-27-28-30-32-34-36-38-40-42-44-46-52(67)51(50-74-62-60(73)58(71)61(54(49-66)76-62)77-63-59(72)57(70)56(69)53(48-65)75-63)64-55(68)47-45-43-41-39-37-35-33-31-29-26-24-22-20-18-16-14-12-10-8-6-4-2/h6,8,12,14,18,20,24,26,31,33,51-54,56-63,65-67,69-73H,3-5,7,9-11,13,15-17,19,21-23,25,27-30,32,34-50H2,1-2H3,(H,64,68)/b8-6-,14-12-,20-18-,26-24-,33-31-. The van der Waals surface area contributed by atoms with Crippen LogP contribution < -0.4 is 5.32 Å². The van der Waals surface area contributed by atoms with Gasteiger partial charge in [0.15, 0.2) is 12.6 Å². The van der Waals surface area contributed by atoms with Gasteiger partial charge in [-0.05, 0) is 57.8 Å². The fraction of sp³-hybridized carbons (Fsp3) is 0.825. The fourth-order valence-electron chi connectivity index (χ4n) is 10.0. The highest BCUT2D eigenvalue weighted by Gasteiger charge is 2.51. The molecule has 12 unspecified atom stereocenters. The van der Waals surface area contributed by atoms with E-state index in [2.05, 4.69) is 79.9 Å². The maximum Gasteiger partial charge on any atom is 0.220 e. The maximum absolute atomic E-state index is 13.3. The lowest BCUT2D eigenvalue weighted by atomic mass is 9.97. The van der Waals surface area contributed by atoms with Crippen molar-refractivity contribution in [3.8, 4) is 0 Å². The lowest BCUT2D eigenvalue weighted by Crippen LogP contribution is -2.65. The molecule has 0 radical (unpaired) electrons. The fourth-order valence-corrected chi connectivity index (χ4v) is 10.0. The van der Waals surface area contributed by atoms with Crippen molar-refractivity contribution in [2.45, 2.75) is 312 Å². The van der Waals surface area contributed by atoms with Crippen LogP contribution in [0.15, 0.2) is 60.8 Å². The van der Waals surface area contributed by atoms with E-state index in [4.69, 9.17) is 18.9 Å². The minimum absolute atomic E-state index is 0.225. The molecule has 2 rings (SSSR count). The number of rotatable bonds is 49. The van der Waals surface area contributed by atoms with E-state index in [1.54, 1.807) is 0 Å². The predicted molar refractivity (Wildman–Crippen MR) is 309 cm³/mol. The van der Waals surface area contributed by atoms with Gasteiger partial charge >= 0.3 is 0 Å². The first-order valence-corrected chi connectivity index (χ1v) is 31.0. The summed E-state index contributed by atoms with van der Waals surface area (Å²) in [5.74, 6) is -0.225. The molecule has 9 N–H and O–H groups in total. The summed E-state index contributed by atoms with van der Waals surface area (Å²) in [4.78, 5) is 13.3. The number of carbonyl (C=O) groups is 1. The average Bonchev–Trinajstić information content (AvgIpc) is 3.44. The van der Waals surface area contributed by atoms with Crippen molar-refractivity contribution in [1.29, 1.82) is 0 Å². The Hall–Kier alpha value is -2.31. The second-order valence-corrected chi connectivity index (χ2v) is 21.8. The summed E-state index contributed by atoms with van der Waals surface area (Å²) in [6, 6.07) is -0.843. The number of unbranched alkanes of at least 4 members (excludes halogenated alkanes) is 26. The van der Waals surface area contributed by atoms with E-state index in [9.17, 15) is 45.6 Å². The van der Waals surface area contributed by atoms with Gasteiger partial charge in [-0.2, -0.15) is 0 Å². The first-order valence-electron chi connectivity index (χ1n) is 31.0. The molecule has 77 heavy (non-hydrogen) atoms. The van der Waals surface area contributed by atoms with Crippen LogP contribution in [0.1, 0.15) is 239 Å². The Balaban J connectivity index is 1.75. The molecule has 14 heteroatoms. The lowest BCUT2D eigenvalue weighted by molar-refractivity contribution is -0.359. The van der Waals surface area contributed by atoms with Crippen LogP contribution in [0, 0.1) is 0 Å². The molecule has 2 fully saturated rings. The Morgan fingerprint density at radius 3 is 1.38 bits per heavy atom. The van der Waals surface area contributed by atoms with Crippen LogP contribution in [-0.4, -0.2) is 140 Å². The zero-order valence-corrected chi connectivity index (χ0v) is 48.2. The Kier molecular flexibility index (Phi) is 44.5. The SMILES string of the molecule is CC/C=C\C/C=C\C/C=C\C/C=C\C/C=C\CCCCCCCC(=O)NC(COC1OC(CO)C(OC2OC(CO)C(O)C(O)C2O)C(O)C1O)C(O)CCCCCCCCCCCCCCCCCCCCCCCC. The number of ether oxygens (including phenoxy) is 4. The molecule has 0 aromatic rings. The quantitative estimate of drug-likeness (QED) is 0.0204. The largest absolute Gasteiger partial charge is 0.394 e. The summed E-state index contributed by atoms with van der Waals surface area (Å²) in [5.41, 5.74) is 0. The third kappa shape index (κ3) is 33.9. The first-order chi connectivity index (χ1) is 37.6. The van der Waals surface area contributed by atoms with Gasteiger partial charge in [0.2, 0.25) is 5.91 Å². The predicted octanol–water partition coefficient (Wildman–Crippen LogP) is 10.9. The van der Waals surface area contributed by atoms with E-state index in [-0.39, 0.29) is 18.9 Å². The lowest BCUT2D eigenvalue weighted by Gasteiger charge is -2.46. The van der Waals surface area contributed by atoms with E-state index >= 15 is 0 Å². The topological polar surface area (TPSA) is 228 Å². The van der Waals surface area contributed by atoms with Crippen molar-refractivity contribution in [1.82, 2.24) is 5.32 Å².